The molecule has 0 aliphatic heterocycles. The van der Waals surface area contributed by atoms with E-state index < -0.39 is 14.9 Å². The van der Waals surface area contributed by atoms with E-state index in [0.29, 0.717) is 12.2 Å². The van der Waals surface area contributed by atoms with Gasteiger partial charge in [0.2, 0.25) is 10.0 Å². The van der Waals surface area contributed by atoms with Crippen LogP contribution in [0.25, 0.3) is 0 Å². The van der Waals surface area contributed by atoms with Crippen molar-refractivity contribution in [2.75, 3.05) is 11.9 Å². The Labute approximate surface area is 128 Å². The van der Waals surface area contributed by atoms with E-state index in [9.17, 15) is 18.5 Å². The third kappa shape index (κ3) is 3.60. The summed E-state index contributed by atoms with van der Waals surface area (Å²) in [5, 5.41) is 16.2. The third-order valence-electron chi connectivity index (χ3n) is 3.15. The first-order chi connectivity index (χ1) is 10.3. The summed E-state index contributed by atoms with van der Waals surface area (Å²) in [7, 11) is -2.28. The molecule has 7 nitrogen and oxygen atoms in total. The summed E-state index contributed by atoms with van der Waals surface area (Å²) in [6.07, 6.45) is 0. The van der Waals surface area contributed by atoms with Crippen LogP contribution < -0.4 is 10.0 Å². The molecule has 2 aromatic rings. The zero-order valence-corrected chi connectivity index (χ0v) is 12.7. The Morgan fingerprint density at radius 3 is 2.36 bits per heavy atom. The van der Waals surface area contributed by atoms with Crippen LogP contribution in [0.1, 0.15) is 5.56 Å². The quantitative estimate of drug-likeness (QED) is 0.668. The highest BCUT2D eigenvalue weighted by Gasteiger charge is 2.21. The van der Waals surface area contributed by atoms with Crippen LogP contribution in [-0.4, -0.2) is 20.4 Å². The maximum absolute atomic E-state index is 11.3. The third-order valence-corrected chi connectivity index (χ3v) is 4.06. The normalized spacial score (nSPS) is 11.2. The van der Waals surface area contributed by atoms with Crippen molar-refractivity contribution >= 4 is 21.4 Å². The van der Waals surface area contributed by atoms with E-state index in [1.165, 1.54) is 12.1 Å². The van der Waals surface area contributed by atoms with Gasteiger partial charge in [-0.3, -0.25) is 10.1 Å². The van der Waals surface area contributed by atoms with E-state index in [4.69, 9.17) is 5.14 Å². The smallest absolute Gasteiger partial charge is 0.293 e. The second kappa shape index (κ2) is 6.12. The molecule has 2 rings (SSSR count). The molecule has 0 saturated heterocycles. The van der Waals surface area contributed by atoms with Crippen molar-refractivity contribution in [1.29, 1.82) is 0 Å². The molecule has 0 radical (unpaired) electrons. The molecule has 2 N–H and O–H groups in total. The monoisotopic (exact) mass is 321 g/mol. The van der Waals surface area contributed by atoms with Gasteiger partial charge in [0.05, 0.1) is 9.82 Å². The lowest BCUT2D eigenvalue weighted by molar-refractivity contribution is -0.384. The van der Waals surface area contributed by atoms with Crippen LogP contribution in [0.4, 0.5) is 11.4 Å². The second-order valence-electron chi connectivity index (χ2n) is 4.79. The SMILES string of the molecule is CN(Cc1ccccc1)c1ccc(S(N)(=O)=O)cc1[N+](=O)[O-]. The maximum Gasteiger partial charge on any atom is 0.293 e. The van der Waals surface area contributed by atoms with Crippen LogP contribution in [0.5, 0.6) is 0 Å². The largest absolute Gasteiger partial charge is 0.365 e. The first kappa shape index (κ1) is 15.9. The number of hydrogen-bond acceptors (Lipinski definition) is 5. The van der Waals surface area contributed by atoms with Gasteiger partial charge in [-0.15, -0.1) is 0 Å². The van der Waals surface area contributed by atoms with E-state index in [1.54, 1.807) is 11.9 Å². The zero-order valence-electron chi connectivity index (χ0n) is 11.8. The van der Waals surface area contributed by atoms with Crippen LogP contribution in [0.15, 0.2) is 53.4 Å². The Morgan fingerprint density at radius 1 is 1.18 bits per heavy atom. The average molecular weight is 321 g/mol. The highest BCUT2D eigenvalue weighted by atomic mass is 32.2. The van der Waals surface area contributed by atoms with Crippen molar-refractivity contribution < 1.29 is 13.3 Å². The van der Waals surface area contributed by atoms with Crippen molar-refractivity contribution in [2.45, 2.75) is 11.4 Å². The minimum atomic E-state index is -3.98. The number of nitrogens with zero attached hydrogens (tertiary/aromatic N) is 2. The molecular formula is C14H15N3O4S. The van der Waals surface area contributed by atoms with Crippen molar-refractivity contribution in [3.63, 3.8) is 0 Å². The Hall–Kier alpha value is -2.45. The highest BCUT2D eigenvalue weighted by molar-refractivity contribution is 7.89. The first-order valence-corrected chi connectivity index (χ1v) is 7.90. The lowest BCUT2D eigenvalue weighted by atomic mass is 10.2. The van der Waals surface area contributed by atoms with Crippen LogP contribution in [-0.2, 0) is 16.6 Å². The predicted molar refractivity (Wildman–Crippen MR) is 83.0 cm³/mol. The van der Waals surface area contributed by atoms with Gasteiger partial charge in [0.25, 0.3) is 5.69 Å². The Bertz CT molecular complexity index is 791. The first-order valence-electron chi connectivity index (χ1n) is 6.35. The number of nitro groups is 1. The Morgan fingerprint density at radius 2 is 1.82 bits per heavy atom. The van der Waals surface area contributed by atoms with Gasteiger partial charge in [-0.25, -0.2) is 13.6 Å². The zero-order chi connectivity index (χ0) is 16.3. The molecule has 22 heavy (non-hydrogen) atoms. The van der Waals surface area contributed by atoms with Crippen LogP contribution in [0.2, 0.25) is 0 Å². The summed E-state index contributed by atoms with van der Waals surface area (Å²) >= 11 is 0. The number of nitrogens with two attached hydrogens (primary N) is 1. The molecule has 116 valence electrons. The summed E-state index contributed by atoms with van der Waals surface area (Å²) in [5.41, 5.74) is 1.00. The van der Waals surface area contributed by atoms with Gasteiger partial charge in [0.15, 0.2) is 0 Å². The van der Waals surface area contributed by atoms with Crippen LogP contribution in [0, 0.1) is 10.1 Å². The molecule has 0 fully saturated rings. The number of hydrogen-bond donors (Lipinski definition) is 1. The van der Waals surface area contributed by atoms with Gasteiger partial charge in [0, 0.05) is 19.7 Å². The lowest BCUT2D eigenvalue weighted by Crippen LogP contribution is -2.18. The second-order valence-corrected chi connectivity index (χ2v) is 6.36. The van der Waals surface area contributed by atoms with E-state index in [-0.39, 0.29) is 10.6 Å². The topological polar surface area (TPSA) is 107 Å². The van der Waals surface area contributed by atoms with Gasteiger partial charge in [-0.2, -0.15) is 0 Å². The minimum Gasteiger partial charge on any atom is -0.365 e. The molecule has 0 amide bonds. The van der Waals surface area contributed by atoms with Crippen LogP contribution in [0.3, 0.4) is 0 Å². The van der Waals surface area contributed by atoms with E-state index >= 15 is 0 Å². The van der Waals surface area contributed by atoms with Crippen molar-refractivity contribution in [3.05, 3.63) is 64.2 Å². The highest BCUT2D eigenvalue weighted by Crippen LogP contribution is 2.30. The van der Waals surface area contributed by atoms with E-state index in [1.807, 2.05) is 30.3 Å². The average Bonchev–Trinajstić information content (AvgIpc) is 2.46. The summed E-state index contributed by atoms with van der Waals surface area (Å²) in [5.74, 6) is 0. The van der Waals surface area contributed by atoms with Crippen molar-refractivity contribution in [3.8, 4) is 0 Å². The molecular weight excluding hydrogens is 306 g/mol. The summed E-state index contributed by atoms with van der Waals surface area (Å²) in [4.78, 5) is 12.0. The summed E-state index contributed by atoms with van der Waals surface area (Å²) in [6, 6.07) is 13.1. The van der Waals surface area contributed by atoms with Gasteiger partial charge in [-0.05, 0) is 17.7 Å². The number of primary sulfonamides is 1. The number of rotatable bonds is 5. The van der Waals surface area contributed by atoms with Gasteiger partial charge in [0.1, 0.15) is 5.69 Å². The number of anilines is 1. The predicted octanol–water partition coefficient (Wildman–Crippen LogP) is 1.88. The fourth-order valence-corrected chi connectivity index (χ4v) is 2.63. The maximum atomic E-state index is 11.3. The molecule has 0 aromatic heterocycles. The summed E-state index contributed by atoms with van der Waals surface area (Å²) in [6.45, 7) is 0.455. The van der Waals surface area contributed by atoms with Crippen molar-refractivity contribution in [2.24, 2.45) is 5.14 Å². The molecule has 8 heteroatoms. The van der Waals surface area contributed by atoms with E-state index in [2.05, 4.69) is 0 Å². The molecule has 0 aliphatic carbocycles. The van der Waals surface area contributed by atoms with E-state index in [0.717, 1.165) is 11.6 Å². The minimum absolute atomic E-state index is 0.281. The Kier molecular flexibility index (Phi) is 4.43. The molecule has 0 unspecified atom stereocenters. The standard InChI is InChI=1S/C14H15N3O4S/c1-16(10-11-5-3-2-4-6-11)13-8-7-12(22(15,20)21)9-14(13)17(18)19/h2-9H,10H2,1H3,(H2,15,20,21). The molecule has 0 aliphatic rings. The molecule has 0 saturated carbocycles. The molecule has 2 aromatic carbocycles. The number of nitro benzene ring substituents is 1. The van der Waals surface area contributed by atoms with Gasteiger partial charge >= 0.3 is 0 Å². The molecule has 0 spiro atoms. The Balaban J connectivity index is 2.40. The van der Waals surface area contributed by atoms with Crippen molar-refractivity contribution in [1.82, 2.24) is 0 Å². The number of benzene rings is 2. The molecule has 0 heterocycles. The summed E-state index contributed by atoms with van der Waals surface area (Å²) < 4.78 is 22.6. The molecule has 0 bridgehead atoms. The fraction of sp³-hybridized carbons (Fsp3) is 0.143. The van der Waals surface area contributed by atoms with Gasteiger partial charge < -0.3 is 4.90 Å². The fourth-order valence-electron chi connectivity index (χ4n) is 2.09. The lowest BCUT2D eigenvalue weighted by Gasteiger charge is -2.19. The molecule has 0 atom stereocenters. The van der Waals surface area contributed by atoms with Crippen LogP contribution >= 0.6 is 0 Å². The number of sulfonamides is 1. The van der Waals surface area contributed by atoms with Gasteiger partial charge in [-0.1, -0.05) is 30.3 Å².